The molecule has 0 aliphatic heterocycles. The van der Waals surface area contributed by atoms with Gasteiger partial charge in [-0.3, -0.25) is 4.79 Å². The van der Waals surface area contributed by atoms with E-state index in [-0.39, 0.29) is 11.2 Å². The molecule has 12 heavy (non-hydrogen) atoms. The van der Waals surface area contributed by atoms with Gasteiger partial charge < -0.3 is 5.32 Å². The van der Waals surface area contributed by atoms with E-state index in [1.807, 2.05) is 13.2 Å². The Kier molecular flexibility index (Phi) is 3.48. The normalized spacial score (nSPS) is 12.5. The van der Waals surface area contributed by atoms with E-state index in [9.17, 15) is 4.79 Å². The van der Waals surface area contributed by atoms with Crippen LogP contribution in [0, 0.1) is 0 Å². The standard InChI is InChI=1S/C6H9N3OS2/c1-4(11-2)6(10)8-5-3-7-9-12-5/h3-4H,1-2H3,(H,8,10). The van der Waals surface area contributed by atoms with Crippen LogP contribution in [0.1, 0.15) is 6.92 Å². The van der Waals surface area contributed by atoms with Crippen LogP contribution in [-0.2, 0) is 4.79 Å². The van der Waals surface area contributed by atoms with E-state index >= 15 is 0 Å². The van der Waals surface area contributed by atoms with Gasteiger partial charge in [-0.1, -0.05) is 4.49 Å². The zero-order valence-electron chi connectivity index (χ0n) is 6.77. The van der Waals surface area contributed by atoms with Crippen molar-refractivity contribution in [3.63, 3.8) is 0 Å². The quantitative estimate of drug-likeness (QED) is 0.802. The van der Waals surface area contributed by atoms with Gasteiger partial charge in [0, 0.05) is 11.5 Å². The van der Waals surface area contributed by atoms with E-state index in [0.29, 0.717) is 5.00 Å². The van der Waals surface area contributed by atoms with E-state index in [1.165, 1.54) is 29.5 Å². The van der Waals surface area contributed by atoms with Gasteiger partial charge in [0.2, 0.25) is 5.91 Å². The van der Waals surface area contributed by atoms with Crippen molar-refractivity contribution in [2.45, 2.75) is 12.2 Å². The van der Waals surface area contributed by atoms with Crippen molar-refractivity contribution in [3.05, 3.63) is 6.20 Å². The van der Waals surface area contributed by atoms with Gasteiger partial charge in [-0.2, -0.15) is 11.8 Å². The minimum Gasteiger partial charge on any atom is -0.314 e. The van der Waals surface area contributed by atoms with Crippen molar-refractivity contribution in [1.29, 1.82) is 0 Å². The molecule has 1 unspecified atom stereocenters. The number of hydrogen-bond donors (Lipinski definition) is 1. The molecule has 1 rings (SSSR count). The first kappa shape index (κ1) is 9.47. The molecule has 6 heteroatoms. The fourth-order valence-electron chi connectivity index (χ4n) is 0.552. The Balaban J connectivity index is 2.47. The number of aromatic nitrogens is 2. The van der Waals surface area contributed by atoms with Gasteiger partial charge in [0.25, 0.3) is 0 Å². The van der Waals surface area contributed by atoms with Crippen molar-refractivity contribution in [2.75, 3.05) is 11.6 Å². The van der Waals surface area contributed by atoms with E-state index in [0.717, 1.165) is 0 Å². The second-order valence-electron chi connectivity index (χ2n) is 2.15. The van der Waals surface area contributed by atoms with E-state index < -0.39 is 0 Å². The summed E-state index contributed by atoms with van der Waals surface area (Å²) in [6.45, 7) is 1.86. The number of nitrogens with one attached hydrogen (secondary N) is 1. The molecule has 0 bridgehead atoms. The molecule has 1 heterocycles. The zero-order chi connectivity index (χ0) is 8.97. The number of hydrogen-bond acceptors (Lipinski definition) is 5. The third-order valence-corrected chi connectivity index (χ3v) is 2.83. The molecule has 1 aromatic heterocycles. The van der Waals surface area contributed by atoms with Gasteiger partial charge in [-0.15, -0.1) is 5.10 Å². The van der Waals surface area contributed by atoms with Gasteiger partial charge in [-0.25, -0.2) is 0 Å². The first-order valence-electron chi connectivity index (χ1n) is 3.35. The predicted molar refractivity (Wildman–Crippen MR) is 51.5 cm³/mol. The fourth-order valence-corrected chi connectivity index (χ4v) is 1.25. The summed E-state index contributed by atoms with van der Waals surface area (Å²) in [5, 5.41) is 6.97. The minimum absolute atomic E-state index is 0.00597. The highest BCUT2D eigenvalue weighted by molar-refractivity contribution is 7.99. The Morgan fingerprint density at radius 1 is 1.83 bits per heavy atom. The Morgan fingerprint density at radius 3 is 3.08 bits per heavy atom. The Bertz CT molecular complexity index is 249. The molecular weight excluding hydrogens is 194 g/mol. The largest absolute Gasteiger partial charge is 0.314 e. The maximum atomic E-state index is 11.3. The average Bonchev–Trinajstić information content (AvgIpc) is 2.55. The SMILES string of the molecule is CSC(C)C(=O)Nc1cnns1. The van der Waals surface area contributed by atoms with Crippen molar-refractivity contribution in [1.82, 2.24) is 9.59 Å². The maximum absolute atomic E-state index is 11.3. The highest BCUT2D eigenvalue weighted by Gasteiger charge is 2.11. The van der Waals surface area contributed by atoms with Crippen molar-refractivity contribution in [2.24, 2.45) is 0 Å². The topological polar surface area (TPSA) is 54.9 Å². The van der Waals surface area contributed by atoms with E-state index in [2.05, 4.69) is 14.9 Å². The monoisotopic (exact) mass is 203 g/mol. The lowest BCUT2D eigenvalue weighted by Crippen LogP contribution is -2.21. The number of carbonyl (C=O) groups is 1. The molecule has 0 fully saturated rings. The molecule has 0 radical (unpaired) electrons. The second-order valence-corrected chi connectivity index (χ2v) is 4.11. The summed E-state index contributed by atoms with van der Waals surface area (Å²) >= 11 is 2.68. The van der Waals surface area contributed by atoms with E-state index in [4.69, 9.17) is 0 Å². The molecular formula is C6H9N3OS2. The lowest BCUT2D eigenvalue weighted by atomic mass is 10.4. The molecule has 0 aliphatic rings. The average molecular weight is 203 g/mol. The van der Waals surface area contributed by atoms with Crippen LogP contribution < -0.4 is 5.32 Å². The minimum atomic E-state index is -0.0351. The highest BCUT2D eigenvalue weighted by Crippen LogP contribution is 2.12. The number of carbonyl (C=O) groups excluding carboxylic acids is 1. The third-order valence-electron chi connectivity index (χ3n) is 1.33. The molecule has 0 saturated heterocycles. The van der Waals surface area contributed by atoms with Crippen LogP contribution in [0.2, 0.25) is 0 Å². The van der Waals surface area contributed by atoms with Crippen LogP contribution in [0.25, 0.3) is 0 Å². The van der Waals surface area contributed by atoms with Gasteiger partial charge in [0.15, 0.2) is 0 Å². The summed E-state index contributed by atoms with van der Waals surface area (Å²) in [6, 6.07) is 0. The van der Waals surface area contributed by atoms with Crippen molar-refractivity contribution < 1.29 is 4.79 Å². The van der Waals surface area contributed by atoms with Crippen LogP contribution in [0.5, 0.6) is 0 Å². The molecule has 1 atom stereocenters. The van der Waals surface area contributed by atoms with Crippen LogP contribution in [-0.4, -0.2) is 27.0 Å². The van der Waals surface area contributed by atoms with Crippen LogP contribution in [0.4, 0.5) is 5.00 Å². The Labute approximate surface area is 78.9 Å². The summed E-state index contributed by atoms with van der Waals surface area (Å²) in [7, 11) is 0. The summed E-state index contributed by atoms with van der Waals surface area (Å²) in [6.07, 6.45) is 3.44. The van der Waals surface area contributed by atoms with E-state index in [1.54, 1.807) is 0 Å². The van der Waals surface area contributed by atoms with Crippen molar-refractivity contribution >= 4 is 34.2 Å². The molecule has 0 saturated carbocycles. The Morgan fingerprint density at radius 2 is 2.58 bits per heavy atom. The molecule has 0 spiro atoms. The van der Waals surface area contributed by atoms with Gasteiger partial charge in [0.1, 0.15) is 5.00 Å². The van der Waals surface area contributed by atoms with Gasteiger partial charge in [0.05, 0.1) is 11.4 Å². The summed E-state index contributed by atoms with van der Waals surface area (Å²) in [4.78, 5) is 11.3. The molecule has 1 N–H and O–H groups in total. The predicted octanol–water partition coefficient (Wildman–Crippen LogP) is 1.23. The second kappa shape index (κ2) is 4.42. The molecule has 1 aromatic rings. The van der Waals surface area contributed by atoms with Gasteiger partial charge >= 0.3 is 0 Å². The number of rotatable bonds is 3. The number of thioether (sulfide) groups is 1. The van der Waals surface area contributed by atoms with Crippen LogP contribution in [0.3, 0.4) is 0 Å². The molecule has 1 amide bonds. The van der Waals surface area contributed by atoms with Crippen LogP contribution in [0.15, 0.2) is 6.20 Å². The number of amides is 1. The van der Waals surface area contributed by atoms with Crippen LogP contribution >= 0.6 is 23.3 Å². The lowest BCUT2D eigenvalue weighted by Gasteiger charge is -2.05. The first-order valence-corrected chi connectivity index (χ1v) is 5.41. The first-order chi connectivity index (χ1) is 5.74. The zero-order valence-corrected chi connectivity index (χ0v) is 8.41. The van der Waals surface area contributed by atoms with Gasteiger partial charge in [-0.05, 0) is 13.2 Å². The Hall–Kier alpha value is -0.620. The molecule has 0 aliphatic carbocycles. The molecule has 66 valence electrons. The number of anilines is 1. The smallest absolute Gasteiger partial charge is 0.237 e. The summed E-state index contributed by atoms with van der Waals surface area (Å²) in [5.41, 5.74) is 0. The third kappa shape index (κ3) is 2.46. The number of nitrogens with zero attached hydrogens (tertiary/aromatic N) is 2. The van der Waals surface area contributed by atoms with Crippen molar-refractivity contribution in [3.8, 4) is 0 Å². The molecule has 4 nitrogen and oxygen atoms in total. The maximum Gasteiger partial charge on any atom is 0.237 e. The molecule has 0 aromatic carbocycles. The fraction of sp³-hybridized carbons (Fsp3) is 0.500. The summed E-state index contributed by atoms with van der Waals surface area (Å²) < 4.78 is 3.63. The lowest BCUT2D eigenvalue weighted by molar-refractivity contribution is -0.115. The summed E-state index contributed by atoms with van der Waals surface area (Å²) in [5.74, 6) is -0.00597. The highest BCUT2D eigenvalue weighted by atomic mass is 32.2.